The van der Waals surface area contributed by atoms with E-state index in [1.807, 2.05) is 24.3 Å². The molecule has 1 aromatic carbocycles. The van der Waals surface area contributed by atoms with Crippen LogP contribution in [0.4, 0.5) is 5.69 Å². The Morgan fingerprint density at radius 1 is 1.35 bits per heavy atom. The fourth-order valence-corrected chi connectivity index (χ4v) is 3.52. The molecule has 2 aromatic rings. The second kappa shape index (κ2) is 5.67. The quantitative estimate of drug-likeness (QED) is 0.665. The molecule has 4 heteroatoms. The van der Waals surface area contributed by atoms with Crippen molar-refractivity contribution in [2.24, 2.45) is 0 Å². The number of carbonyl (C=O) groups excluding carboxylic acids is 1. The number of carbonyl (C=O) groups is 1. The zero-order chi connectivity index (χ0) is 13.9. The summed E-state index contributed by atoms with van der Waals surface area (Å²) in [4.78, 5) is 12.9. The van der Waals surface area contributed by atoms with Crippen molar-refractivity contribution < 1.29 is 4.79 Å². The number of nitrogen functional groups attached to an aromatic ring is 1. The van der Waals surface area contributed by atoms with Gasteiger partial charge in [0.2, 0.25) is 0 Å². The second-order valence-corrected chi connectivity index (χ2v) is 6.25. The second-order valence-electron chi connectivity index (χ2n) is 5.17. The molecule has 0 fully saturated rings. The molecule has 0 spiro atoms. The summed E-state index contributed by atoms with van der Waals surface area (Å²) in [6.45, 7) is 0.723. The number of anilines is 1. The standard InChI is InChI=1S/C16H18N2OS/c17-13-5-6-14-12(9-13)10-15(20-14)16(19)18-8-7-11-3-1-2-4-11/h3,5-6,9-10H,1-2,4,7-8,17H2,(H,18,19). The molecule has 0 saturated carbocycles. The Morgan fingerprint density at radius 2 is 2.25 bits per heavy atom. The van der Waals surface area contributed by atoms with Gasteiger partial charge in [0, 0.05) is 16.9 Å². The van der Waals surface area contributed by atoms with E-state index in [2.05, 4.69) is 11.4 Å². The van der Waals surface area contributed by atoms with E-state index in [4.69, 9.17) is 5.73 Å². The van der Waals surface area contributed by atoms with Crippen molar-refractivity contribution in [2.75, 3.05) is 12.3 Å². The molecule has 1 aliphatic rings. The molecule has 0 bridgehead atoms. The molecular formula is C16H18N2OS. The van der Waals surface area contributed by atoms with Crippen LogP contribution in [0.3, 0.4) is 0 Å². The lowest BCUT2D eigenvalue weighted by atomic mass is 10.2. The van der Waals surface area contributed by atoms with Crippen molar-refractivity contribution in [3.8, 4) is 0 Å². The monoisotopic (exact) mass is 286 g/mol. The summed E-state index contributed by atoms with van der Waals surface area (Å²) in [5.41, 5.74) is 7.97. The largest absolute Gasteiger partial charge is 0.399 e. The fourth-order valence-electron chi connectivity index (χ4n) is 2.56. The zero-order valence-electron chi connectivity index (χ0n) is 11.3. The number of thiophene rings is 1. The van der Waals surface area contributed by atoms with Crippen LogP contribution in [0, 0.1) is 0 Å². The molecule has 104 valence electrons. The predicted molar refractivity (Wildman–Crippen MR) is 85.1 cm³/mol. The Kier molecular flexibility index (Phi) is 3.74. The van der Waals surface area contributed by atoms with E-state index in [1.165, 1.54) is 36.2 Å². The molecule has 0 unspecified atom stereocenters. The third-order valence-corrected chi connectivity index (χ3v) is 4.75. The van der Waals surface area contributed by atoms with Crippen molar-refractivity contribution >= 4 is 33.0 Å². The highest BCUT2D eigenvalue weighted by atomic mass is 32.1. The minimum Gasteiger partial charge on any atom is -0.399 e. The van der Waals surface area contributed by atoms with Crippen LogP contribution in [0.25, 0.3) is 10.1 Å². The lowest BCUT2D eigenvalue weighted by Gasteiger charge is -2.04. The smallest absolute Gasteiger partial charge is 0.261 e. The Balaban J connectivity index is 1.63. The molecule has 1 aromatic heterocycles. The molecule has 1 amide bonds. The van der Waals surface area contributed by atoms with E-state index in [1.54, 1.807) is 0 Å². The van der Waals surface area contributed by atoms with Crippen molar-refractivity contribution in [3.63, 3.8) is 0 Å². The molecule has 0 saturated heterocycles. The van der Waals surface area contributed by atoms with Gasteiger partial charge in [-0.3, -0.25) is 4.79 Å². The van der Waals surface area contributed by atoms with Gasteiger partial charge >= 0.3 is 0 Å². The van der Waals surface area contributed by atoms with E-state index < -0.39 is 0 Å². The van der Waals surface area contributed by atoms with Gasteiger partial charge in [-0.1, -0.05) is 11.6 Å². The number of rotatable bonds is 4. The highest BCUT2D eigenvalue weighted by molar-refractivity contribution is 7.20. The van der Waals surface area contributed by atoms with Crippen molar-refractivity contribution in [2.45, 2.75) is 25.7 Å². The Morgan fingerprint density at radius 3 is 3.05 bits per heavy atom. The normalized spacial score (nSPS) is 14.5. The van der Waals surface area contributed by atoms with E-state index in [0.29, 0.717) is 0 Å². The minimum absolute atomic E-state index is 0.0170. The number of nitrogens with one attached hydrogen (secondary N) is 1. The van der Waals surface area contributed by atoms with Crippen LogP contribution in [-0.4, -0.2) is 12.5 Å². The summed E-state index contributed by atoms with van der Waals surface area (Å²) in [5, 5.41) is 4.04. The van der Waals surface area contributed by atoms with Crippen LogP contribution in [0.2, 0.25) is 0 Å². The summed E-state index contributed by atoms with van der Waals surface area (Å²) in [7, 11) is 0. The summed E-state index contributed by atoms with van der Waals surface area (Å²) >= 11 is 1.51. The molecule has 3 N–H and O–H groups in total. The van der Waals surface area contributed by atoms with Crippen molar-refractivity contribution in [1.82, 2.24) is 5.32 Å². The van der Waals surface area contributed by atoms with Crippen molar-refractivity contribution in [1.29, 1.82) is 0 Å². The molecule has 1 heterocycles. The molecule has 0 aliphatic heterocycles. The Labute approximate surface area is 122 Å². The van der Waals surface area contributed by atoms with Crippen LogP contribution in [0.5, 0.6) is 0 Å². The number of fused-ring (bicyclic) bond motifs is 1. The molecule has 0 atom stereocenters. The van der Waals surface area contributed by atoms with Gasteiger partial charge in [-0.2, -0.15) is 0 Å². The van der Waals surface area contributed by atoms with Crippen LogP contribution in [0.1, 0.15) is 35.4 Å². The van der Waals surface area contributed by atoms with Gasteiger partial charge in [0.15, 0.2) is 0 Å². The van der Waals surface area contributed by atoms with Crippen LogP contribution >= 0.6 is 11.3 Å². The Hall–Kier alpha value is -1.81. The number of hydrogen-bond acceptors (Lipinski definition) is 3. The topological polar surface area (TPSA) is 55.1 Å². The molecule has 3 nitrogen and oxygen atoms in total. The van der Waals surface area contributed by atoms with Gasteiger partial charge < -0.3 is 11.1 Å². The van der Waals surface area contributed by atoms with Gasteiger partial charge in [-0.05, 0) is 55.3 Å². The summed E-state index contributed by atoms with van der Waals surface area (Å²) in [5.74, 6) is 0.0170. The first-order valence-electron chi connectivity index (χ1n) is 6.97. The maximum Gasteiger partial charge on any atom is 0.261 e. The number of allylic oxidation sites excluding steroid dienone is 1. The maximum absolute atomic E-state index is 12.1. The van der Waals surface area contributed by atoms with Crippen LogP contribution in [0.15, 0.2) is 35.9 Å². The molecule has 1 aliphatic carbocycles. The third kappa shape index (κ3) is 2.85. The molecule has 20 heavy (non-hydrogen) atoms. The third-order valence-electron chi connectivity index (χ3n) is 3.63. The van der Waals surface area contributed by atoms with E-state index in [-0.39, 0.29) is 5.91 Å². The van der Waals surface area contributed by atoms with Gasteiger partial charge in [-0.15, -0.1) is 11.3 Å². The average molecular weight is 286 g/mol. The number of nitrogens with two attached hydrogens (primary N) is 1. The van der Waals surface area contributed by atoms with Crippen LogP contribution < -0.4 is 11.1 Å². The number of hydrogen-bond donors (Lipinski definition) is 2. The van der Waals surface area contributed by atoms with E-state index in [9.17, 15) is 4.79 Å². The molecule has 3 rings (SSSR count). The predicted octanol–water partition coefficient (Wildman–Crippen LogP) is 3.71. The lowest BCUT2D eigenvalue weighted by molar-refractivity contribution is 0.0958. The molecular weight excluding hydrogens is 268 g/mol. The molecule has 0 radical (unpaired) electrons. The van der Waals surface area contributed by atoms with E-state index >= 15 is 0 Å². The lowest BCUT2D eigenvalue weighted by Crippen LogP contribution is -2.23. The summed E-state index contributed by atoms with van der Waals surface area (Å²) in [6, 6.07) is 7.66. The fraction of sp³-hybridized carbons (Fsp3) is 0.312. The van der Waals surface area contributed by atoms with Crippen molar-refractivity contribution in [3.05, 3.63) is 40.8 Å². The minimum atomic E-state index is 0.0170. The number of benzene rings is 1. The number of amides is 1. The highest BCUT2D eigenvalue weighted by Crippen LogP contribution is 2.27. The van der Waals surface area contributed by atoms with Gasteiger partial charge in [0.05, 0.1) is 4.88 Å². The van der Waals surface area contributed by atoms with Crippen LogP contribution in [-0.2, 0) is 0 Å². The van der Waals surface area contributed by atoms with E-state index in [0.717, 1.165) is 33.6 Å². The first-order chi connectivity index (χ1) is 9.72. The Bertz CT molecular complexity index is 672. The first kappa shape index (κ1) is 13.2. The average Bonchev–Trinajstić information content (AvgIpc) is 3.06. The van der Waals surface area contributed by atoms with Gasteiger partial charge in [-0.25, -0.2) is 0 Å². The van der Waals surface area contributed by atoms with Gasteiger partial charge in [0.25, 0.3) is 5.91 Å². The summed E-state index contributed by atoms with van der Waals surface area (Å²) in [6.07, 6.45) is 6.93. The first-order valence-corrected chi connectivity index (χ1v) is 7.79. The summed E-state index contributed by atoms with van der Waals surface area (Å²) < 4.78 is 1.10. The zero-order valence-corrected chi connectivity index (χ0v) is 12.1. The SMILES string of the molecule is Nc1ccc2sc(C(=O)NCCC3=CCCC3)cc2c1. The van der Waals surface area contributed by atoms with Gasteiger partial charge in [0.1, 0.15) is 0 Å². The maximum atomic E-state index is 12.1. The highest BCUT2D eigenvalue weighted by Gasteiger charge is 2.11.